The third-order valence-electron chi connectivity index (χ3n) is 6.34. The van der Waals surface area contributed by atoms with Gasteiger partial charge in [0.25, 0.3) is 5.91 Å². The highest BCUT2D eigenvalue weighted by molar-refractivity contribution is 5.93. The summed E-state index contributed by atoms with van der Waals surface area (Å²) in [4.78, 5) is 31.8. The lowest BCUT2D eigenvalue weighted by molar-refractivity contribution is -0.116. The van der Waals surface area contributed by atoms with E-state index in [9.17, 15) is 9.59 Å². The second-order valence-electron chi connectivity index (χ2n) is 8.86. The van der Waals surface area contributed by atoms with Gasteiger partial charge in [-0.3, -0.25) is 9.59 Å². The molecule has 2 amide bonds. The number of carbonyl (C=O) groups excluding carboxylic acids is 2. The summed E-state index contributed by atoms with van der Waals surface area (Å²) in [6.45, 7) is 6.97. The van der Waals surface area contributed by atoms with Gasteiger partial charge in [-0.25, -0.2) is 9.50 Å². The molecule has 1 atom stereocenters. The van der Waals surface area contributed by atoms with E-state index < -0.39 is 0 Å². The third kappa shape index (κ3) is 5.07. The normalized spacial score (nSPS) is 16.6. The fraction of sp³-hybridized carbons (Fsp3) is 0.462. The average molecular weight is 448 g/mol. The van der Waals surface area contributed by atoms with Gasteiger partial charge in [0.05, 0.1) is 5.69 Å². The Morgan fingerprint density at radius 3 is 2.61 bits per heavy atom. The number of rotatable bonds is 6. The van der Waals surface area contributed by atoms with Crippen molar-refractivity contribution in [1.82, 2.24) is 19.5 Å². The molecule has 0 radical (unpaired) electrons. The molecule has 1 N–H and O–H groups in total. The first kappa shape index (κ1) is 23.0. The highest BCUT2D eigenvalue weighted by Crippen LogP contribution is 2.24. The van der Waals surface area contributed by atoms with Crippen LogP contribution in [-0.2, 0) is 11.2 Å². The predicted molar refractivity (Wildman–Crippen MR) is 130 cm³/mol. The molecular formula is C26H33N5O2. The molecule has 0 aliphatic carbocycles. The van der Waals surface area contributed by atoms with Crippen LogP contribution in [-0.4, -0.2) is 43.9 Å². The number of fused-ring (bicyclic) bond motifs is 1. The van der Waals surface area contributed by atoms with Gasteiger partial charge in [0.15, 0.2) is 5.65 Å². The van der Waals surface area contributed by atoms with Crippen LogP contribution >= 0.6 is 0 Å². The molecule has 174 valence electrons. The Hall–Kier alpha value is -3.22. The summed E-state index contributed by atoms with van der Waals surface area (Å²) in [5.74, 6) is 0.0298. The summed E-state index contributed by atoms with van der Waals surface area (Å²) in [6, 6.07) is 11.7. The first-order valence-electron chi connectivity index (χ1n) is 12.1. The monoisotopic (exact) mass is 447 g/mol. The lowest BCUT2D eigenvalue weighted by atomic mass is 10.1. The lowest BCUT2D eigenvalue weighted by Gasteiger charge is -2.27. The average Bonchev–Trinajstić information content (AvgIpc) is 3.13. The quantitative estimate of drug-likeness (QED) is 0.570. The molecule has 1 aliphatic rings. The van der Waals surface area contributed by atoms with Crippen LogP contribution in [0.2, 0.25) is 0 Å². The topological polar surface area (TPSA) is 79.6 Å². The van der Waals surface area contributed by atoms with Gasteiger partial charge >= 0.3 is 0 Å². The molecule has 0 spiro atoms. The number of likely N-dealkylation sites (tertiary alicyclic amines) is 1. The van der Waals surface area contributed by atoms with E-state index in [1.165, 1.54) is 12.8 Å². The Labute approximate surface area is 195 Å². The number of anilines is 1. The number of aromatic nitrogens is 3. The highest BCUT2D eigenvalue weighted by atomic mass is 16.2. The maximum absolute atomic E-state index is 13.3. The number of hydrogen-bond acceptors (Lipinski definition) is 4. The number of aryl methyl sites for hydroxylation is 1. The van der Waals surface area contributed by atoms with E-state index >= 15 is 0 Å². The summed E-state index contributed by atoms with van der Waals surface area (Å²) in [5.41, 5.74) is 4.62. The molecule has 2 aromatic heterocycles. The van der Waals surface area contributed by atoms with Crippen molar-refractivity contribution >= 4 is 23.1 Å². The Kier molecular flexibility index (Phi) is 7.06. The zero-order chi connectivity index (χ0) is 23.4. The molecule has 7 nitrogen and oxygen atoms in total. The van der Waals surface area contributed by atoms with Crippen LogP contribution in [0, 0.1) is 0 Å². The van der Waals surface area contributed by atoms with E-state index in [4.69, 9.17) is 10.1 Å². The van der Waals surface area contributed by atoms with Crippen molar-refractivity contribution in [2.45, 2.75) is 71.8 Å². The van der Waals surface area contributed by atoms with Gasteiger partial charge in [-0.05, 0) is 50.8 Å². The van der Waals surface area contributed by atoms with Crippen molar-refractivity contribution in [3.8, 4) is 11.3 Å². The summed E-state index contributed by atoms with van der Waals surface area (Å²) in [7, 11) is 0. The van der Waals surface area contributed by atoms with Crippen LogP contribution in [0.15, 0.2) is 36.4 Å². The van der Waals surface area contributed by atoms with Crippen molar-refractivity contribution < 1.29 is 9.59 Å². The highest BCUT2D eigenvalue weighted by Gasteiger charge is 2.25. The molecule has 4 rings (SSSR count). The molecule has 3 aromatic rings. The van der Waals surface area contributed by atoms with Gasteiger partial charge in [-0.2, -0.15) is 5.10 Å². The molecular weight excluding hydrogens is 414 g/mol. The van der Waals surface area contributed by atoms with Gasteiger partial charge in [-0.15, -0.1) is 0 Å². The maximum atomic E-state index is 13.3. The summed E-state index contributed by atoms with van der Waals surface area (Å²) >= 11 is 0. The molecule has 7 heteroatoms. The number of amides is 2. The van der Waals surface area contributed by atoms with Crippen LogP contribution in [0.1, 0.15) is 75.5 Å². The number of nitrogens with one attached hydrogen (secondary N) is 1. The van der Waals surface area contributed by atoms with E-state index in [0.29, 0.717) is 17.8 Å². The number of benzene rings is 1. The first-order chi connectivity index (χ1) is 16.0. The molecule has 0 saturated carbocycles. The molecule has 3 heterocycles. The van der Waals surface area contributed by atoms with Crippen LogP contribution in [0.4, 0.5) is 5.69 Å². The Morgan fingerprint density at radius 2 is 1.88 bits per heavy atom. The van der Waals surface area contributed by atoms with E-state index in [1.807, 2.05) is 52.7 Å². The number of nitrogens with zero attached hydrogens (tertiary/aromatic N) is 4. The smallest absolute Gasteiger partial charge is 0.272 e. The lowest BCUT2D eigenvalue weighted by Crippen LogP contribution is -2.38. The molecule has 1 fully saturated rings. The summed E-state index contributed by atoms with van der Waals surface area (Å²) in [6.07, 6.45) is 6.51. The predicted octanol–water partition coefficient (Wildman–Crippen LogP) is 5.10. The Morgan fingerprint density at radius 1 is 1.09 bits per heavy atom. The fourth-order valence-corrected chi connectivity index (χ4v) is 4.44. The minimum atomic E-state index is 0.0107. The molecule has 33 heavy (non-hydrogen) atoms. The molecule has 1 aliphatic heterocycles. The van der Waals surface area contributed by atoms with Crippen LogP contribution < -0.4 is 5.32 Å². The molecule has 1 unspecified atom stereocenters. The largest absolute Gasteiger partial charge is 0.335 e. The summed E-state index contributed by atoms with van der Waals surface area (Å²) in [5, 5.41) is 7.66. The van der Waals surface area contributed by atoms with Gasteiger partial charge in [-0.1, -0.05) is 38.8 Å². The van der Waals surface area contributed by atoms with Crippen LogP contribution in [0.3, 0.4) is 0 Å². The van der Waals surface area contributed by atoms with E-state index in [1.54, 1.807) is 0 Å². The van der Waals surface area contributed by atoms with Crippen LogP contribution in [0.5, 0.6) is 0 Å². The second-order valence-corrected chi connectivity index (χ2v) is 8.86. The van der Waals surface area contributed by atoms with E-state index in [2.05, 4.69) is 19.2 Å². The summed E-state index contributed by atoms with van der Waals surface area (Å²) < 4.78 is 1.83. The molecule has 1 saturated heterocycles. The molecule has 1 aromatic carbocycles. The van der Waals surface area contributed by atoms with E-state index in [0.717, 1.165) is 54.9 Å². The van der Waals surface area contributed by atoms with Gasteiger partial charge in [0.2, 0.25) is 5.91 Å². The zero-order valence-corrected chi connectivity index (χ0v) is 19.8. The minimum absolute atomic E-state index is 0.0107. The van der Waals surface area contributed by atoms with Gasteiger partial charge in [0, 0.05) is 42.0 Å². The van der Waals surface area contributed by atoms with Gasteiger partial charge < -0.3 is 10.2 Å². The van der Waals surface area contributed by atoms with Crippen molar-refractivity contribution in [1.29, 1.82) is 0 Å². The van der Waals surface area contributed by atoms with Crippen molar-refractivity contribution in [2.24, 2.45) is 0 Å². The Balaban J connectivity index is 1.62. The zero-order valence-electron chi connectivity index (χ0n) is 19.8. The van der Waals surface area contributed by atoms with Crippen LogP contribution in [0.25, 0.3) is 16.9 Å². The van der Waals surface area contributed by atoms with Crippen molar-refractivity contribution in [3.05, 3.63) is 47.8 Å². The number of carbonyl (C=O) groups is 2. The fourth-order valence-electron chi connectivity index (χ4n) is 4.44. The van der Waals surface area contributed by atoms with Gasteiger partial charge in [0.1, 0.15) is 5.69 Å². The van der Waals surface area contributed by atoms with Crippen molar-refractivity contribution in [2.75, 3.05) is 11.9 Å². The second kappa shape index (κ2) is 10.1. The van der Waals surface area contributed by atoms with E-state index in [-0.39, 0.29) is 17.9 Å². The van der Waals surface area contributed by atoms with Crippen molar-refractivity contribution in [3.63, 3.8) is 0 Å². The minimum Gasteiger partial charge on any atom is -0.335 e. The Bertz CT molecular complexity index is 1140. The standard InChI is InChI=1S/C26H33N5O2/c1-4-9-25(32)27-20-13-11-19(12-14-20)22-17-24-28-23(16-21(5-2)31(24)29-22)26(33)30-15-8-6-7-10-18(30)3/h11-14,16-18H,4-10,15H2,1-3H3,(H,27,32). The SMILES string of the molecule is CCCC(=O)Nc1ccc(-c2cc3nc(C(=O)N4CCCCCC4C)cc(CC)n3n2)cc1. The maximum Gasteiger partial charge on any atom is 0.272 e. The molecule has 0 bridgehead atoms. The number of hydrogen-bond donors (Lipinski definition) is 1. The first-order valence-corrected chi connectivity index (χ1v) is 12.1. The third-order valence-corrected chi connectivity index (χ3v) is 6.34.